The number of rotatable bonds is 7. The van der Waals surface area contributed by atoms with Crippen LogP contribution in [0.2, 0.25) is 0 Å². The Hall–Kier alpha value is -0.770. The van der Waals surface area contributed by atoms with E-state index >= 15 is 0 Å². The lowest BCUT2D eigenvalue weighted by atomic mass is 10.2. The van der Waals surface area contributed by atoms with Gasteiger partial charge in [-0.2, -0.15) is 0 Å². The lowest BCUT2D eigenvalue weighted by molar-refractivity contribution is 0.297. The fourth-order valence-corrected chi connectivity index (χ4v) is 2.58. The van der Waals surface area contributed by atoms with Crippen LogP contribution in [-0.2, 0) is 0 Å². The second-order valence-corrected chi connectivity index (χ2v) is 5.38. The number of hydrogen-bond acceptors (Lipinski definition) is 2. The van der Waals surface area contributed by atoms with Crippen LogP contribution in [-0.4, -0.2) is 55.0 Å². The number of hydrogen-bond donors (Lipinski definition) is 1. The molecule has 0 aromatic rings. The Morgan fingerprint density at radius 3 is 2.26 bits per heavy atom. The monoisotopic (exact) mass is 268 g/mol. The molecule has 0 saturated carbocycles. The maximum absolute atomic E-state index is 6.08. The van der Waals surface area contributed by atoms with Crippen molar-refractivity contribution in [2.75, 3.05) is 39.3 Å². The zero-order chi connectivity index (χ0) is 13.9. The summed E-state index contributed by atoms with van der Waals surface area (Å²) in [5, 5.41) is 0. The number of likely N-dealkylation sites (tertiary alicyclic amines) is 1. The van der Waals surface area contributed by atoms with E-state index < -0.39 is 0 Å². The second-order valence-electron chi connectivity index (χ2n) is 5.38. The molecule has 1 heterocycles. The molecule has 0 spiro atoms. The van der Waals surface area contributed by atoms with E-state index in [9.17, 15) is 0 Å². The first kappa shape index (κ1) is 16.3. The first-order chi connectivity index (χ1) is 9.27. The third kappa shape index (κ3) is 6.81. The van der Waals surface area contributed by atoms with Gasteiger partial charge in [-0.15, -0.1) is 0 Å². The van der Waals surface area contributed by atoms with Crippen molar-refractivity contribution < 1.29 is 0 Å². The van der Waals surface area contributed by atoms with Crippen molar-refractivity contribution in [3.8, 4) is 0 Å². The maximum Gasteiger partial charge on any atom is 0.191 e. The third-order valence-corrected chi connectivity index (χ3v) is 3.98. The van der Waals surface area contributed by atoms with Crippen LogP contribution in [0.4, 0.5) is 0 Å². The van der Waals surface area contributed by atoms with Gasteiger partial charge in [-0.3, -0.25) is 4.99 Å². The van der Waals surface area contributed by atoms with Gasteiger partial charge in [0, 0.05) is 19.6 Å². The van der Waals surface area contributed by atoms with Crippen LogP contribution in [0.25, 0.3) is 0 Å². The second kappa shape index (κ2) is 10.1. The van der Waals surface area contributed by atoms with Crippen LogP contribution in [0, 0.1) is 0 Å². The lowest BCUT2D eigenvalue weighted by Crippen LogP contribution is -2.38. The minimum atomic E-state index is 0.768. The molecular weight excluding hydrogens is 236 g/mol. The predicted octanol–water partition coefficient (Wildman–Crippen LogP) is 2.30. The highest BCUT2D eigenvalue weighted by atomic mass is 15.2. The SMILES string of the molecule is CCN(CC)CCCCN=C(N)N1CCCCCC1. The Balaban J connectivity index is 2.16. The van der Waals surface area contributed by atoms with Crippen molar-refractivity contribution in [3.05, 3.63) is 0 Å². The van der Waals surface area contributed by atoms with Crippen molar-refractivity contribution in [1.82, 2.24) is 9.80 Å². The Labute approximate surface area is 119 Å². The van der Waals surface area contributed by atoms with Gasteiger partial charge < -0.3 is 15.5 Å². The summed E-state index contributed by atoms with van der Waals surface area (Å²) in [5.74, 6) is 0.768. The van der Waals surface area contributed by atoms with Crippen LogP contribution in [0.1, 0.15) is 52.4 Å². The maximum atomic E-state index is 6.08. The van der Waals surface area contributed by atoms with E-state index in [1.807, 2.05) is 0 Å². The molecule has 0 radical (unpaired) electrons. The number of nitrogens with zero attached hydrogens (tertiary/aromatic N) is 3. The minimum absolute atomic E-state index is 0.768. The molecule has 1 fully saturated rings. The molecule has 0 unspecified atom stereocenters. The molecule has 2 N–H and O–H groups in total. The summed E-state index contributed by atoms with van der Waals surface area (Å²) in [4.78, 5) is 9.26. The van der Waals surface area contributed by atoms with Gasteiger partial charge in [-0.25, -0.2) is 0 Å². The first-order valence-electron chi connectivity index (χ1n) is 8.05. The molecule has 0 atom stereocenters. The summed E-state index contributed by atoms with van der Waals surface area (Å²) in [7, 11) is 0. The summed E-state index contributed by atoms with van der Waals surface area (Å²) in [6.45, 7) is 11.0. The Kier molecular flexibility index (Phi) is 8.63. The average Bonchev–Trinajstić information content (AvgIpc) is 2.71. The van der Waals surface area contributed by atoms with Gasteiger partial charge in [-0.1, -0.05) is 26.7 Å². The molecule has 0 aromatic carbocycles. The molecule has 0 amide bonds. The van der Waals surface area contributed by atoms with Crippen LogP contribution in [0.3, 0.4) is 0 Å². The molecular formula is C15H32N4. The molecule has 1 aliphatic rings. The van der Waals surface area contributed by atoms with Gasteiger partial charge in [0.25, 0.3) is 0 Å². The molecule has 4 heteroatoms. The topological polar surface area (TPSA) is 44.9 Å². The zero-order valence-corrected chi connectivity index (χ0v) is 12.9. The van der Waals surface area contributed by atoms with E-state index in [1.54, 1.807) is 0 Å². The van der Waals surface area contributed by atoms with E-state index in [0.717, 1.165) is 45.1 Å². The van der Waals surface area contributed by atoms with E-state index in [2.05, 4.69) is 28.6 Å². The smallest absolute Gasteiger partial charge is 0.191 e. The lowest BCUT2D eigenvalue weighted by Gasteiger charge is -2.21. The van der Waals surface area contributed by atoms with E-state index in [0.29, 0.717) is 0 Å². The van der Waals surface area contributed by atoms with Crippen molar-refractivity contribution in [3.63, 3.8) is 0 Å². The van der Waals surface area contributed by atoms with E-state index in [4.69, 9.17) is 5.73 Å². The molecule has 112 valence electrons. The number of unbranched alkanes of at least 4 members (excludes halogenated alkanes) is 1. The van der Waals surface area contributed by atoms with Gasteiger partial charge in [0.05, 0.1) is 0 Å². The molecule has 1 saturated heterocycles. The summed E-state index contributed by atoms with van der Waals surface area (Å²) >= 11 is 0. The Bertz CT molecular complexity index is 241. The van der Waals surface area contributed by atoms with Crippen LogP contribution in [0.5, 0.6) is 0 Å². The van der Waals surface area contributed by atoms with Gasteiger partial charge in [-0.05, 0) is 45.3 Å². The van der Waals surface area contributed by atoms with Crippen molar-refractivity contribution in [2.45, 2.75) is 52.4 Å². The van der Waals surface area contributed by atoms with Gasteiger partial charge in [0.15, 0.2) is 5.96 Å². The Morgan fingerprint density at radius 2 is 1.68 bits per heavy atom. The van der Waals surface area contributed by atoms with Crippen LogP contribution < -0.4 is 5.73 Å². The molecule has 19 heavy (non-hydrogen) atoms. The van der Waals surface area contributed by atoms with Crippen molar-refractivity contribution >= 4 is 5.96 Å². The minimum Gasteiger partial charge on any atom is -0.370 e. The molecule has 0 aliphatic carbocycles. The van der Waals surface area contributed by atoms with Gasteiger partial charge in [0.2, 0.25) is 0 Å². The highest BCUT2D eigenvalue weighted by Crippen LogP contribution is 2.09. The Morgan fingerprint density at radius 1 is 1.05 bits per heavy atom. The summed E-state index contributed by atoms with van der Waals surface area (Å²) in [6, 6.07) is 0. The summed E-state index contributed by atoms with van der Waals surface area (Å²) in [6.07, 6.45) is 7.57. The fourth-order valence-electron chi connectivity index (χ4n) is 2.58. The largest absolute Gasteiger partial charge is 0.370 e. The van der Waals surface area contributed by atoms with Gasteiger partial charge in [0.1, 0.15) is 0 Å². The quantitative estimate of drug-likeness (QED) is 0.438. The molecule has 4 nitrogen and oxygen atoms in total. The van der Waals surface area contributed by atoms with Gasteiger partial charge >= 0.3 is 0 Å². The average molecular weight is 268 g/mol. The summed E-state index contributed by atoms with van der Waals surface area (Å²) < 4.78 is 0. The standard InChI is InChI=1S/C15H32N4/c1-3-18(4-2)12-10-7-11-17-15(16)19-13-8-5-6-9-14-19/h3-14H2,1-2H3,(H2,16,17). The molecule has 0 bridgehead atoms. The highest BCUT2D eigenvalue weighted by Gasteiger charge is 2.10. The first-order valence-corrected chi connectivity index (χ1v) is 8.05. The van der Waals surface area contributed by atoms with E-state index in [-0.39, 0.29) is 0 Å². The fraction of sp³-hybridized carbons (Fsp3) is 0.933. The predicted molar refractivity (Wildman–Crippen MR) is 83.6 cm³/mol. The number of nitrogens with two attached hydrogens (primary N) is 1. The van der Waals surface area contributed by atoms with Crippen molar-refractivity contribution in [1.29, 1.82) is 0 Å². The third-order valence-electron chi connectivity index (χ3n) is 3.98. The molecule has 1 rings (SSSR count). The van der Waals surface area contributed by atoms with E-state index in [1.165, 1.54) is 38.6 Å². The highest BCUT2D eigenvalue weighted by molar-refractivity contribution is 5.78. The molecule has 0 aromatic heterocycles. The number of guanidine groups is 1. The van der Waals surface area contributed by atoms with Crippen LogP contribution >= 0.6 is 0 Å². The van der Waals surface area contributed by atoms with Crippen LogP contribution in [0.15, 0.2) is 4.99 Å². The zero-order valence-electron chi connectivity index (χ0n) is 12.9. The van der Waals surface area contributed by atoms with Crippen molar-refractivity contribution in [2.24, 2.45) is 10.7 Å². The number of aliphatic imine (C=N–C) groups is 1. The normalized spacial score (nSPS) is 17.8. The molecule has 1 aliphatic heterocycles. The summed E-state index contributed by atoms with van der Waals surface area (Å²) in [5.41, 5.74) is 6.08.